The van der Waals surface area contributed by atoms with Gasteiger partial charge in [-0.05, 0) is 32.9 Å². The largest absolute Gasteiger partial charge is 0.398 e. The maximum Gasteiger partial charge on any atom is 0.235 e. The predicted molar refractivity (Wildman–Crippen MR) is 70.8 cm³/mol. The number of nitrogens with one attached hydrogen (secondary N) is 1. The molecule has 3 N–H and O–H groups in total. The fraction of sp³-hybridized carbons (Fsp3) is 0.417. The number of carbonyl (C=O) groups excluding carboxylic acids is 1. The van der Waals surface area contributed by atoms with E-state index in [1.807, 2.05) is 0 Å². The third-order valence-electron chi connectivity index (χ3n) is 2.09. The van der Waals surface area contributed by atoms with E-state index in [0.717, 1.165) is 0 Å². The van der Waals surface area contributed by atoms with E-state index in [9.17, 15) is 13.2 Å². The van der Waals surface area contributed by atoms with E-state index in [-0.39, 0.29) is 10.6 Å². The lowest BCUT2D eigenvalue weighted by Gasteiger charge is -2.20. The highest BCUT2D eigenvalue weighted by atomic mass is 32.2. The lowest BCUT2D eigenvalue weighted by Crippen LogP contribution is -2.43. The minimum atomic E-state index is -3.70. The summed E-state index contributed by atoms with van der Waals surface area (Å²) in [4.78, 5) is 11.6. The number of hydrogen-bond acceptors (Lipinski definition) is 4. The number of hydrogen-bond donors (Lipinski definition) is 2. The molecule has 0 radical (unpaired) electrons. The molecule has 0 saturated carbocycles. The predicted octanol–water partition coefficient (Wildman–Crippen LogP) is 0.957. The van der Waals surface area contributed by atoms with E-state index in [4.69, 9.17) is 5.73 Å². The van der Waals surface area contributed by atoms with Gasteiger partial charge in [0.05, 0.1) is 10.6 Å². The van der Waals surface area contributed by atoms with Gasteiger partial charge in [0.1, 0.15) is 5.75 Å². The Morgan fingerprint density at radius 2 is 1.83 bits per heavy atom. The van der Waals surface area contributed by atoms with E-state index in [2.05, 4.69) is 5.32 Å². The van der Waals surface area contributed by atoms with Crippen LogP contribution in [0.5, 0.6) is 0 Å². The van der Waals surface area contributed by atoms with Crippen LogP contribution in [0, 0.1) is 0 Å². The van der Waals surface area contributed by atoms with E-state index >= 15 is 0 Å². The van der Waals surface area contributed by atoms with Crippen molar-refractivity contribution in [3.63, 3.8) is 0 Å². The molecule has 5 nitrogen and oxygen atoms in total. The molecule has 0 unspecified atom stereocenters. The summed E-state index contributed by atoms with van der Waals surface area (Å²) >= 11 is 0. The molecule has 0 aromatic heterocycles. The summed E-state index contributed by atoms with van der Waals surface area (Å²) in [6, 6.07) is 6.11. The molecule has 0 aliphatic rings. The Kier molecular flexibility index (Phi) is 4.01. The second-order valence-corrected chi connectivity index (χ2v) is 7.05. The van der Waals surface area contributed by atoms with Crippen molar-refractivity contribution in [2.75, 3.05) is 11.5 Å². The first-order valence-electron chi connectivity index (χ1n) is 5.50. The molecule has 0 spiro atoms. The monoisotopic (exact) mass is 270 g/mol. The summed E-state index contributed by atoms with van der Waals surface area (Å²) in [5, 5.41) is 2.61. The zero-order valence-electron chi connectivity index (χ0n) is 10.7. The Labute approximate surface area is 107 Å². The van der Waals surface area contributed by atoms with Crippen molar-refractivity contribution in [3.05, 3.63) is 24.3 Å². The minimum absolute atomic E-state index is 0.00550. The summed E-state index contributed by atoms with van der Waals surface area (Å²) in [5.41, 5.74) is 5.29. The van der Waals surface area contributed by atoms with Crippen LogP contribution in [0.3, 0.4) is 0 Å². The van der Waals surface area contributed by atoms with Crippen LogP contribution in [0.25, 0.3) is 0 Å². The molecule has 1 amide bonds. The van der Waals surface area contributed by atoms with Crippen LogP contribution in [-0.2, 0) is 14.6 Å². The molecule has 1 rings (SSSR count). The van der Waals surface area contributed by atoms with Gasteiger partial charge < -0.3 is 11.1 Å². The summed E-state index contributed by atoms with van der Waals surface area (Å²) < 4.78 is 24.0. The van der Waals surface area contributed by atoms with Crippen LogP contribution in [0.1, 0.15) is 20.8 Å². The number of sulfone groups is 1. The number of nitrogen functional groups attached to an aromatic ring is 1. The quantitative estimate of drug-likeness (QED) is 0.800. The van der Waals surface area contributed by atoms with Crippen molar-refractivity contribution in [1.82, 2.24) is 5.32 Å². The Balaban J connectivity index is 2.91. The SMILES string of the molecule is CC(C)(C)NC(=O)CS(=O)(=O)c1ccccc1N. The van der Waals surface area contributed by atoms with Crippen molar-refractivity contribution in [1.29, 1.82) is 0 Å². The fourth-order valence-electron chi connectivity index (χ4n) is 1.47. The number of amides is 1. The third kappa shape index (κ3) is 4.03. The van der Waals surface area contributed by atoms with Crippen molar-refractivity contribution in [3.8, 4) is 0 Å². The highest BCUT2D eigenvalue weighted by molar-refractivity contribution is 7.92. The lowest BCUT2D eigenvalue weighted by atomic mass is 10.1. The molecule has 0 fully saturated rings. The van der Waals surface area contributed by atoms with Crippen LogP contribution < -0.4 is 11.1 Å². The van der Waals surface area contributed by atoms with Gasteiger partial charge in [-0.25, -0.2) is 8.42 Å². The first-order valence-corrected chi connectivity index (χ1v) is 7.15. The molecule has 100 valence electrons. The molecule has 1 aromatic carbocycles. The first-order chi connectivity index (χ1) is 8.12. The van der Waals surface area contributed by atoms with Gasteiger partial charge in [0.25, 0.3) is 0 Å². The molecule has 0 bridgehead atoms. The number of anilines is 1. The fourth-order valence-corrected chi connectivity index (χ4v) is 2.75. The van der Waals surface area contributed by atoms with Gasteiger partial charge in [0.2, 0.25) is 5.91 Å². The van der Waals surface area contributed by atoms with Crippen molar-refractivity contribution >= 4 is 21.4 Å². The number of nitrogens with two attached hydrogens (primary N) is 1. The maximum atomic E-state index is 12.0. The van der Waals surface area contributed by atoms with Crippen LogP contribution in [0.2, 0.25) is 0 Å². The van der Waals surface area contributed by atoms with Crippen LogP contribution in [0.4, 0.5) is 5.69 Å². The summed E-state index contributed by atoms with van der Waals surface area (Å²) in [7, 11) is -3.70. The molecule has 0 atom stereocenters. The summed E-state index contributed by atoms with van der Waals surface area (Å²) in [6.07, 6.45) is 0. The Morgan fingerprint density at radius 1 is 1.28 bits per heavy atom. The molecule has 0 saturated heterocycles. The summed E-state index contributed by atoms with van der Waals surface area (Å²) in [5.74, 6) is -1.14. The molecule has 18 heavy (non-hydrogen) atoms. The first kappa shape index (κ1) is 14.5. The standard InChI is InChI=1S/C12H18N2O3S/c1-12(2,3)14-11(15)8-18(16,17)10-7-5-4-6-9(10)13/h4-7H,8,13H2,1-3H3,(H,14,15). The van der Waals surface area contributed by atoms with Crippen LogP contribution in [0.15, 0.2) is 29.2 Å². The van der Waals surface area contributed by atoms with E-state index in [1.165, 1.54) is 12.1 Å². The third-order valence-corrected chi connectivity index (χ3v) is 3.77. The Bertz CT molecular complexity index is 545. The Morgan fingerprint density at radius 3 is 2.33 bits per heavy atom. The summed E-state index contributed by atoms with van der Waals surface area (Å²) in [6.45, 7) is 5.36. The lowest BCUT2D eigenvalue weighted by molar-refractivity contribution is -0.120. The van der Waals surface area contributed by atoms with Crippen molar-refractivity contribution < 1.29 is 13.2 Å². The van der Waals surface area contributed by atoms with Crippen molar-refractivity contribution in [2.24, 2.45) is 0 Å². The smallest absolute Gasteiger partial charge is 0.235 e. The average molecular weight is 270 g/mol. The van der Waals surface area contributed by atoms with Crippen LogP contribution in [-0.4, -0.2) is 25.6 Å². The minimum Gasteiger partial charge on any atom is -0.398 e. The zero-order chi connectivity index (χ0) is 14.0. The number of benzene rings is 1. The molecular formula is C12H18N2O3S. The van der Waals surface area contributed by atoms with Gasteiger partial charge in [0.15, 0.2) is 9.84 Å². The molecular weight excluding hydrogens is 252 g/mol. The normalized spacial score (nSPS) is 12.2. The van der Waals surface area contributed by atoms with Gasteiger partial charge in [0, 0.05) is 5.54 Å². The Hall–Kier alpha value is -1.56. The zero-order valence-corrected chi connectivity index (χ0v) is 11.5. The molecule has 0 aliphatic carbocycles. The molecule has 1 aromatic rings. The van der Waals surface area contributed by atoms with Gasteiger partial charge in [-0.1, -0.05) is 12.1 Å². The highest BCUT2D eigenvalue weighted by Gasteiger charge is 2.23. The number of carbonyl (C=O) groups is 1. The van der Waals surface area contributed by atoms with Crippen molar-refractivity contribution in [2.45, 2.75) is 31.2 Å². The topological polar surface area (TPSA) is 89.3 Å². The van der Waals surface area contributed by atoms with Gasteiger partial charge in [-0.15, -0.1) is 0 Å². The van der Waals surface area contributed by atoms with E-state index < -0.39 is 27.0 Å². The number of rotatable bonds is 3. The molecule has 0 aliphatic heterocycles. The van der Waals surface area contributed by atoms with E-state index in [0.29, 0.717) is 0 Å². The maximum absolute atomic E-state index is 12.0. The highest BCUT2D eigenvalue weighted by Crippen LogP contribution is 2.18. The second kappa shape index (κ2) is 4.97. The van der Waals surface area contributed by atoms with Crippen LogP contribution >= 0.6 is 0 Å². The average Bonchev–Trinajstić information content (AvgIpc) is 2.13. The van der Waals surface area contributed by atoms with E-state index in [1.54, 1.807) is 32.9 Å². The molecule has 6 heteroatoms. The molecule has 0 heterocycles. The van der Waals surface area contributed by atoms with Gasteiger partial charge in [-0.2, -0.15) is 0 Å². The van der Waals surface area contributed by atoms with Gasteiger partial charge in [-0.3, -0.25) is 4.79 Å². The number of para-hydroxylation sites is 1. The second-order valence-electron chi connectivity index (χ2n) is 5.10. The van der Waals surface area contributed by atoms with Gasteiger partial charge >= 0.3 is 0 Å².